The molecule has 0 saturated heterocycles. The Bertz CT molecular complexity index is 363. The fraction of sp³-hybridized carbons (Fsp3) is 0.583. The number of hydrogen-bond acceptors (Lipinski definition) is 3. The highest BCUT2D eigenvalue weighted by atomic mass is 79.9. The van der Waals surface area contributed by atoms with Crippen LogP contribution >= 0.6 is 15.9 Å². The molecule has 1 aromatic rings. The lowest BCUT2D eigenvalue weighted by atomic mass is 10.2. The maximum absolute atomic E-state index is 12.2. The maximum Gasteiger partial charge on any atom is 0.258 e. The average Bonchev–Trinajstić information content (AvgIpc) is 2.69. The second-order valence-corrected chi connectivity index (χ2v) is 4.92. The van der Waals surface area contributed by atoms with Gasteiger partial charge < -0.3 is 14.2 Å². The fourth-order valence-electron chi connectivity index (χ4n) is 1.52. The summed E-state index contributed by atoms with van der Waals surface area (Å²) >= 11 is 3.24. The van der Waals surface area contributed by atoms with Crippen molar-refractivity contribution in [1.29, 1.82) is 0 Å². The minimum Gasteiger partial charge on any atom is -0.457 e. The third kappa shape index (κ3) is 4.16. The quantitative estimate of drug-likeness (QED) is 0.810. The molecule has 1 heterocycles. The van der Waals surface area contributed by atoms with Crippen molar-refractivity contribution in [2.24, 2.45) is 0 Å². The molecule has 1 amide bonds. The minimum atomic E-state index is 0.0225. The van der Waals surface area contributed by atoms with Crippen LogP contribution in [0.25, 0.3) is 0 Å². The predicted octanol–water partition coefficient (Wildman–Crippen LogP) is 2.46. The van der Waals surface area contributed by atoms with E-state index in [1.165, 1.54) is 6.26 Å². The third-order valence-electron chi connectivity index (χ3n) is 2.45. The highest BCUT2D eigenvalue weighted by Gasteiger charge is 2.19. The van der Waals surface area contributed by atoms with E-state index in [9.17, 15) is 4.79 Å². The standard InChI is InChI=1S/C12H19BrN2O2/c1-4-6-15(8-7-14(2)3)12(16)10-5-9-17-11(10)13/h5,9H,4,6-8H2,1-3H3. The van der Waals surface area contributed by atoms with E-state index >= 15 is 0 Å². The first-order valence-corrected chi connectivity index (χ1v) is 6.52. The van der Waals surface area contributed by atoms with Gasteiger partial charge in [-0.15, -0.1) is 0 Å². The summed E-state index contributed by atoms with van der Waals surface area (Å²) in [6.45, 7) is 4.43. The smallest absolute Gasteiger partial charge is 0.258 e. The van der Waals surface area contributed by atoms with Gasteiger partial charge in [-0.05, 0) is 42.5 Å². The molecule has 0 aromatic carbocycles. The number of amides is 1. The van der Waals surface area contributed by atoms with Gasteiger partial charge >= 0.3 is 0 Å². The molecule has 0 unspecified atom stereocenters. The zero-order chi connectivity index (χ0) is 12.8. The summed E-state index contributed by atoms with van der Waals surface area (Å²) in [7, 11) is 4.00. The van der Waals surface area contributed by atoms with Crippen LogP contribution in [0.3, 0.4) is 0 Å². The lowest BCUT2D eigenvalue weighted by Crippen LogP contribution is -2.37. The van der Waals surface area contributed by atoms with E-state index in [1.807, 2.05) is 19.0 Å². The average molecular weight is 303 g/mol. The number of hydrogen-bond donors (Lipinski definition) is 0. The molecular formula is C12H19BrN2O2. The van der Waals surface area contributed by atoms with Crippen LogP contribution < -0.4 is 0 Å². The van der Waals surface area contributed by atoms with Crippen LogP contribution in [0.2, 0.25) is 0 Å². The third-order valence-corrected chi connectivity index (χ3v) is 3.06. The Morgan fingerprint density at radius 2 is 2.06 bits per heavy atom. The summed E-state index contributed by atoms with van der Waals surface area (Å²) in [4.78, 5) is 16.2. The Morgan fingerprint density at radius 1 is 1.35 bits per heavy atom. The van der Waals surface area contributed by atoms with Gasteiger partial charge in [-0.1, -0.05) is 6.92 Å². The highest BCUT2D eigenvalue weighted by molar-refractivity contribution is 9.10. The Morgan fingerprint density at radius 3 is 2.53 bits per heavy atom. The van der Waals surface area contributed by atoms with Crippen molar-refractivity contribution in [3.63, 3.8) is 0 Å². The van der Waals surface area contributed by atoms with Crippen molar-refractivity contribution < 1.29 is 9.21 Å². The number of rotatable bonds is 6. The largest absolute Gasteiger partial charge is 0.457 e. The van der Waals surface area contributed by atoms with Crippen LogP contribution in [0.15, 0.2) is 21.4 Å². The predicted molar refractivity (Wildman–Crippen MR) is 71.2 cm³/mol. The zero-order valence-electron chi connectivity index (χ0n) is 10.6. The lowest BCUT2D eigenvalue weighted by Gasteiger charge is -2.23. The summed E-state index contributed by atoms with van der Waals surface area (Å²) < 4.78 is 5.61. The van der Waals surface area contributed by atoms with E-state index in [0.717, 1.165) is 26.1 Å². The Hall–Kier alpha value is -0.810. The van der Waals surface area contributed by atoms with Gasteiger partial charge in [0, 0.05) is 19.6 Å². The van der Waals surface area contributed by atoms with Gasteiger partial charge in [0.1, 0.15) is 0 Å². The molecule has 0 aliphatic rings. The first kappa shape index (κ1) is 14.3. The van der Waals surface area contributed by atoms with E-state index < -0.39 is 0 Å². The molecule has 0 radical (unpaired) electrons. The molecule has 0 bridgehead atoms. The van der Waals surface area contributed by atoms with Crippen LogP contribution in [0.1, 0.15) is 23.7 Å². The number of carbonyl (C=O) groups excluding carboxylic acids is 1. The molecule has 0 fully saturated rings. The van der Waals surface area contributed by atoms with E-state index in [2.05, 4.69) is 27.8 Å². The van der Waals surface area contributed by atoms with Gasteiger partial charge in [0.15, 0.2) is 4.67 Å². The molecule has 0 aliphatic heterocycles. The van der Waals surface area contributed by atoms with Crippen molar-refractivity contribution in [2.45, 2.75) is 13.3 Å². The van der Waals surface area contributed by atoms with Crippen LogP contribution in [-0.2, 0) is 0 Å². The molecule has 1 aromatic heterocycles. The first-order chi connectivity index (χ1) is 8.06. The fourth-order valence-corrected chi connectivity index (χ4v) is 1.93. The van der Waals surface area contributed by atoms with E-state index in [1.54, 1.807) is 6.07 Å². The van der Waals surface area contributed by atoms with Gasteiger partial charge in [-0.2, -0.15) is 0 Å². The molecule has 0 saturated carbocycles. The van der Waals surface area contributed by atoms with Crippen LogP contribution in [0, 0.1) is 0 Å². The Kier molecular flexibility index (Phi) is 5.71. The van der Waals surface area contributed by atoms with Crippen molar-refractivity contribution in [3.05, 3.63) is 22.6 Å². The first-order valence-electron chi connectivity index (χ1n) is 5.73. The maximum atomic E-state index is 12.2. The van der Waals surface area contributed by atoms with Gasteiger partial charge in [0.05, 0.1) is 11.8 Å². The summed E-state index contributed by atoms with van der Waals surface area (Å²) in [5.74, 6) is 0.0225. The SMILES string of the molecule is CCCN(CCN(C)C)C(=O)c1ccoc1Br. The van der Waals surface area contributed by atoms with Crippen molar-refractivity contribution in [1.82, 2.24) is 9.80 Å². The molecule has 4 nitrogen and oxygen atoms in total. The molecule has 0 spiro atoms. The number of likely N-dealkylation sites (N-methyl/N-ethyl adjacent to an activating group) is 1. The van der Waals surface area contributed by atoms with Crippen molar-refractivity contribution in [2.75, 3.05) is 33.7 Å². The molecule has 5 heteroatoms. The molecule has 96 valence electrons. The summed E-state index contributed by atoms with van der Waals surface area (Å²) in [5.41, 5.74) is 0.595. The van der Waals surface area contributed by atoms with Crippen LogP contribution in [-0.4, -0.2) is 49.4 Å². The molecule has 0 N–H and O–H groups in total. The Balaban J connectivity index is 2.70. The van der Waals surface area contributed by atoms with Gasteiger partial charge in [-0.3, -0.25) is 4.79 Å². The normalized spacial score (nSPS) is 10.9. The van der Waals surface area contributed by atoms with Gasteiger partial charge in [0.2, 0.25) is 0 Å². The molecule has 1 rings (SSSR count). The topological polar surface area (TPSA) is 36.7 Å². The van der Waals surface area contributed by atoms with E-state index in [0.29, 0.717) is 10.2 Å². The molecule has 0 aliphatic carbocycles. The van der Waals surface area contributed by atoms with E-state index in [4.69, 9.17) is 4.42 Å². The van der Waals surface area contributed by atoms with E-state index in [-0.39, 0.29) is 5.91 Å². The summed E-state index contributed by atoms with van der Waals surface area (Å²) in [6, 6.07) is 1.70. The second kappa shape index (κ2) is 6.81. The zero-order valence-corrected chi connectivity index (χ0v) is 12.2. The summed E-state index contributed by atoms with van der Waals surface area (Å²) in [6.07, 6.45) is 2.47. The van der Waals surface area contributed by atoms with Crippen LogP contribution in [0.5, 0.6) is 0 Å². The van der Waals surface area contributed by atoms with Crippen LogP contribution in [0.4, 0.5) is 0 Å². The Labute approximate surface area is 111 Å². The number of halogens is 1. The molecule has 0 atom stereocenters. The summed E-state index contributed by atoms with van der Waals surface area (Å²) in [5, 5.41) is 0. The van der Waals surface area contributed by atoms with Crippen molar-refractivity contribution >= 4 is 21.8 Å². The lowest BCUT2D eigenvalue weighted by molar-refractivity contribution is 0.0743. The minimum absolute atomic E-state index is 0.0225. The molecular weight excluding hydrogens is 284 g/mol. The number of carbonyl (C=O) groups is 1. The molecule has 17 heavy (non-hydrogen) atoms. The van der Waals surface area contributed by atoms with Crippen molar-refractivity contribution in [3.8, 4) is 0 Å². The highest BCUT2D eigenvalue weighted by Crippen LogP contribution is 2.19. The second-order valence-electron chi connectivity index (χ2n) is 4.20. The van der Waals surface area contributed by atoms with Gasteiger partial charge in [0.25, 0.3) is 5.91 Å². The monoisotopic (exact) mass is 302 g/mol. The number of nitrogens with zero attached hydrogens (tertiary/aromatic N) is 2. The van der Waals surface area contributed by atoms with Gasteiger partial charge in [-0.25, -0.2) is 0 Å². The number of furan rings is 1.